The van der Waals surface area contributed by atoms with E-state index in [0.717, 1.165) is 50.7 Å². The van der Waals surface area contributed by atoms with Gasteiger partial charge in [-0.25, -0.2) is 4.79 Å². The number of allylic oxidation sites excluding steroid dienone is 12. The van der Waals surface area contributed by atoms with Crippen LogP contribution in [-0.2, 0) is 19.1 Å². The third-order valence-electron chi connectivity index (χ3n) is 4.68. The van der Waals surface area contributed by atoms with Crippen LogP contribution in [0.2, 0.25) is 0 Å². The molecular formula is C30H44N2O4. The van der Waals surface area contributed by atoms with Crippen molar-refractivity contribution in [1.29, 1.82) is 0 Å². The summed E-state index contributed by atoms with van der Waals surface area (Å²) in [6.45, 7) is 3.05. The van der Waals surface area contributed by atoms with Crippen LogP contribution in [0, 0.1) is 0 Å². The maximum absolute atomic E-state index is 11.8. The summed E-state index contributed by atoms with van der Waals surface area (Å²) in [6.07, 6.45) is 35.7. The number of nitrogens with one attached hydrogen (secondary N) is 2. The third kappa shape index (κ3) is 25.2. The van der Waals surface area contributed by atoms with E-state index in [-0.39, 0.29) is 11.8 Å². The van der Waals surface area contributed by atoms with E-state index in [1.165, 1.54) is 7.11 Å². The van der Waals surface area contributed by atoms with E-state index in [2.05, 4.69) is 89.1 Å². The van der Waals surface area contributed by atoms with Crippen molar-refractivity contribution in [3.63, 3.8) is 0 Å². The zero-order chi connectivity index (χ0) is 26.5. The number of carbonyl (C=O) groups is 3. The van der Waals surface area contributed by atoms with E-state index >= 15 is 0 Å². The van der Waals surface area contributed by atoms with Gasteiger partial charge < -0.3 is 15.4 Å². The Balaban J connectivity index is 3.63. The molecule has 0 radical (unpaired) electrons. The van der Waals surface area contributed by atoms with Gasteiger partial charge in [-0.15, -0.1) is 0 Å². The van der Waals surface area contributed by atoms with Crippen LogP contribution >= 0.6 is 0 Å². The average molecular weight is 497 g/mol. The molecule has 0 rings (SSSR count). The summed E-state index contributed by atoms with van der Waals surface area (Å²) in [4.78, 5) is 34.1. The van der Waals surface area contributed by atoms with E-state index in [0.29, 0.717) is 32.4 Å². The lowest BCUT2D eigenvalue weighted by molar-refractivity contribution is -0.135. The van der Waals surface area contributed by atoms with Gasteiger partial charge in [-0.2, -0.15) is 0 Å². The third-order valence-corrected chi connectivity index (χ3v) is 4.68. The number of ether oxygens (including phenoxy) is 1. The quantitative estimate of drug-likeness (QED) is 0.0963. The van der Waals surface area contributed by atoms with Crippen LogP contribution in [-0.4, -0.2) is 38.0 Å². The van der Waals surface area contributed by atoms with Crippen molar-refractivity contribution in [3.05, 3.63) is 85.1 Å². The summed E-state index contributed by atoms with van der Waals surface area (Å²) in [7, 11) is 1.25. The Morgan fingerprint density at radius 3 is 1.61 bits per heavy atom. The van der Waals surface area contributed by atoms with Crippen LogP contribution in [0.5, 0.6) is 0 Å². The van der Waals surface area contributed by atoms with Crippen LogP contribution < -0.4 is 10.6 Å². The summed E-state index contributed by atoms with van der Waals surface area (Å²) < 4.78 is 4.40. The monoisotopic (exact) mass is 496 g/mol. The van der Waals surface area contributed by atoms with Crippen LogP contribution in [0.25, 0.3) is 0 Å². The van der Waals surface area contributed by atoms with Crippen molar-refractivity contribution in [1.82, 2.24) is 10.6 Å². The first-order valence-electron chi connectivity index (χ1n) is 12.8. The van der Waals surface area contributed by atoms with Crippen molar-refractivity contribution in [3.8, 4) is 0 Å². The first-order valence-corrected chi connectivity index (χ1v) is 12.8. The molecule has 0 aromatic heterocycles. The molecule has 0 aromatic carbocycles. The molecule has 6 heteroatoms. The summed E-state index contributed by atoms with van der Waals surface area (Å²) in [5, 5.41) is 5.46. The van der Waals surface area contributed by atoms with Gasteiger partial charge in [0.05, 0.1) is 7.11 Å². The lowest BCUT2D eigenvalue weighted by Crippen LogP contribution is -2.29. The topological polar surface area (TPSA) is 84.5 Å². The predicted molar refractivity (Wildman–Crippen MR) is 149 cm³/mol. The molecule has 0 spiro atoms. The molecule has 0 saturated heterocycles. The molecule has 2 amide bonds. The largest absolute Gasteiger partial charge is 0.466 e. The van der Waals surface area contributed by atoms with Gasteiger partial charge in [-0.1, -0.05) is 79.8 Å². The van der Waals surface area contributed by atoms with Gasteiger partial charge in [-0.05, 0) is 51.4 Å². The molecule has 36 heavy (non-hydrogen) atoms. The van der Waals surface area contributed by atoms with Crippen molar-refractivity contribution in [2.24, 2.45) is 0 Å². The Hall–Kier alpha value is -3.41. The van der Waals surface area contributed by atoms with Crippen molar-refractivity contribution >= 4 is 17.8 Å². The fraction of sp³-hybridized carbons (Fsp3) is 0.433. The van der Waals surface area contributed by atoms with Gasteiger partial charge in [0.15, 0.2) is 0 Å². The highest BCUT2D eigenvalue weighted by molar-refractivity contribution is 5.94. The molecule has 2 N–H and O–H groups in total. The SMILES string of the molecule is CC/C=C\C/C=C\C/C=C\C/C=C\C/C=C\C/C=C\CCC(=O)NCCCNC(=O)/C=C/C(=O)OC. The number of hydrogen-bond acceptors (Lipinski definition) is 4. The highest BCUT2D eigenvalue weighted by Gasteiger charge is 2.00. The second kappa shape index (κ2) is 26.2. The maximum Gasteiger partial charge on any atom is 0.330 e. The van der Waals surface area contributed by atoms with E-state index < -0.39 is 5.97 Å². The molecule has 0 aliphatic carbocycles. The van der Waals surface area contributed by atoms with Gasteiger partial charge in [0.2, 0.25) is 11.8 Å². The average Bonchev–Trinajstić information content (AvgIpc) is 2.88. The molecule has 0 aliphatic rings. The molecule has 6 nitrogen and oxygen atoms in total. The smallest absolute Gasteiger partial charge is 0.330 e. The normalized spacial score (nSPS) is 12.4. The van der Waals surface area contributed by atoms with Gasteiger partial charge in [0.25, 0.3) is 0 Å². The van der Waals surface area contributed by atoms with E-state index in [4.69, 9.17) is 0 Å². The second-order valence-electron chi connectivity index (χ2n) is 7.80. The van der Waals surface area contributed by atoms with Crippen LogP contribution in [0.4, 0.5) is 0 Å². The van der Waals surface area contributed by atoms with Gasteiger partial charge in [-0.3, -0.25) is 9.59 Å². The zero-order valence-corrected chi connectivity index (χ0v) is 22.0. The summed E-state index contributed by atoms with van der Waals surface area (Å²) in [6, 6.07) is 0. The van der Waals surface area contributed by atoms with Crippen LogP contribution in [0.1, 0.15) is 64.7 Å². The zero-order valence-electron chi connectivity index (χ0n) is 22.0. The predicted octanol–water partition coefficient (Wildman–Crippen LogP) is 5.82. The maximum atomic E-state index is 11.8. The number of carbonyl (C=O) groups excluding carboxylic acids is 3. The van der Waals surface area contributed by atoms with E-state index in [1.54, 1.807) is 0 Å². The molecule has 0 unspecified atom stereocenters. The van der Waals surface area contributed by atoms with Gasteiger partial charge >= 0.3 is 5.97 Å². The Morgan fingerprint density at radius 1 is 0.639 bits per heavy atom. The molecular weight excluding hydrogens is 452 g/mol. The molecule has 0 fully saturated rings. The molecule has 0 saturated carbocycles. The van der Waals surface area contributed by atoms with E-state index in [9.17, 15) is 14.4 Å². The molecule has 0 atom stereocenters. The summed E-state index contributed by atoms with van der Waals surface area (Å²) >= 11 is 0. The van der Waals surface area contributed by atoms with Crippen molar-refractivity contribution < 1.29 is 19.1 Å². The highest BCUT2D eigenvalue weighted by Crippen LogP contribution is 1.98. The molecule has 198 valence electrons. The molecule has 0 bridgehead atoms. The standard InChI is InChI=1S/C30H44N2O4/c1-3-4-5-6-7-8-9-10-11-12-13-14-15-16-17-18-19-20-21-23-28(33)31-26-22-27-32-29(34)24-25-30(35)36-2/h4-5,7-8,10-11,13-14,16-17,19-20,24-25H,3,6,9,12,15,18,21-23,26-27H2,1-2H3,(H,31,33)(H,32,34)/b5-4-,8-7-,11-10-,14-13-,17-16-,20-19-,25-24+. The number of amides is 2. The molecule has 0 aromatic rings. The first-order chi connectivity index (χ1) is 17.6. The van der Waals surface area contributed by atoms with Gasteiger partial charge in [0.1, 0.15) is 0 Å². The fourth-order valence-corrected chi connectivity index (χ4v) is 2.74. The summed E-state index contributed by atoms with van der Waals surface area (Å²) in [5.41, 5.74) is 0. The molecule has 0 heterocycles. The minimum absolute atomic E-state index is 0.00792. The van der Waals surface area contributed by atoms with E-state index in [1.807, 2.05) is 6.08 Å². The first kappa shape index (κ1) is 32.6. The number of methoxy groups -OCH3 is 1. The van der Waals surface area contributed by atoms with Crippen LogP contribution in [0.3, 0.4) is 0 Å². The Morgan fingerprint density at radius 2 is 1.11 bits per heavy atom. The second-order valence-corrected chi connectivity index (χ2v) is 7.80. The minimum atomic E-state index is -0.579. The van der Waals surface area contributed by atoms with Gasteiger partial charge in [0, 0.05) is 31.7 Å². The minimum Gasteiger partial charge on any atom is -0.466 e. The highest BCUT2D eigenvalue weighted by atomic mass is 16.5. The Labute approximate surface area is 217 Å². The summed E-state index contributed by atoms with van der Waals surface area (Å²) in [5.74, 6) is -0.958. The van der Waals surface area contributed by atoms with Crippen LogP contribution in [0.15, 0.2) is 85.1 Å². The molecule has 0 aliphatic heterocycles. The van der Waals surface area contributed by atoms with Crippen molar-refractivity contribution in [2.75, 3.05) is 20.2 Å². The number of esters is 1. The van der Waals surface area contributed by atoms with Crippen molar-refractivity contribution in [2.45, 2.75) is 64.7 Å². The number of hydrogen-bond donors (Lipinski definition) is 2. The lowest BCUT2D eigenvalue weighted by Gasteiger charge is -2.04. The Bertz CT molecular complexity index is 802. The number of rotatable bonds is 20. The fourth-order valence-electron chi connectivity index (χ4n) is 2.74. The Kier molecular flexibility index (Phi) is 23.7. The lowest BCUT2D eigenvalue weighted by atomic mass is 10.2.